The molecule has 0 saturated heterocycles. The Morgan fingerprint density at radius 3 is 2.42 bits per heavy atom. The molecular formula is C24H18Cl2F3N5O2. The topological polar surface area (TPSA) is 84.6 Å². The minimum absolute atomic E-state index is 0.0539. The van der Waals surface area contributed by atoms with Gasteiger partial charge in [-0.15, -0.1) is 0 Å². The van der Waals surface area contributed by atoms with E-state index in [1.54, 1.807) is 48.5 Å². The molecule has 4 rings (SSSR count). The largest absolute Gasteiger partial charge is 0.453 e. The van der Waals surface area contributed by atoms with Crippen molar-refractivity contribution in [2.24, 2.45) is 5.10 Å². The number of pyridine rings is 1. The summed E-state index contributed by atoms with van der Waals surface area (Å²) < 4.78 is 45.6. The minimum Gasteiger partial charge on any atom is -0.453 e. The predicted molar refractivity (Wildman–Crippen MR) is 128 cm³/mol. The van der Waals surface area contributed by atoms with Crippen molar-refractivity contribution in [1.29, 1.82) is 0 Å². The minimum atomic E-state index is -4.52. The van der Waals surface area contributed by atoms with Crippen molar-refractivity contribution in [1.82, 2.24) is 20.2 Å². The fourth-order valence-electron chi connectivity index (χ4n) is 3.18. The fraction of sp³-hybridized carbons (Fsp3) is 0.125. The van der Waals surface area contributed by atoms with Crippen LogP contribution in [0.3, 0.4) is 0 Å². The molecule has 0 atom stereocenters. The molecule has 4 aromatic rings. The van der Waals surface area contributed by atoms with Gasteiger partial charge in [0.25, 0.3) is 0 Å². The molecular weight excluding hydrogens is 518 g/mol. The van der Waals surface area contributed by atoms with Crippen LogP contribution in [0.15, 0.2) is 78.2 Å². The molecule has 7 nitrogen and oxygen atoms in total. The summed E-state index contributed by atoms with van der Waals surface area (Å²) in [6.45, 7) is -0.465. The third-order valence-electron chi connectivity index (χ3n) is 4.91. The van der Waals surface area contributed by atoms with Crippen molar-refractivity contribution in [3.8, 4) is 22.6 Å². The van der Waals surface area contributed by atoms with Gasteiger partial charge in [0.1, 0.15) is 18.2 Å². The molecule has 0 aliphatic rings. The molecule has 0 spiro atoms. The third kappa shape index (κ3) is 6.14. The number of aliphatic hydroxyl groups is 1. The Labute approximate surface area is 213 Å². The van der Waals surface area contributed by atoms with Gasteiger partial charge in [-0.1, -0.05) is 47.5 Å². The van der Waals surface area contributed by atoms with Crippen molar-refractivity contribution in [2.45, 2.75) is 19.5 Å². The van der Waals surface area contributed by atoms with E-state index >= 15 is 0 Å². The van der Waals surface area contributed by atoms with Gasteiger partial charge in [0.15, 0.2) is 5.75 Å². The van der Waals surface area contributed by atoms with Crippen LogP contribution in [0.5, 0.6) is 11.5 Å². The Bertz CT molecular complexity index is 1410. The first-order valence-corrected chi connectivity index (χ1v) is 11.2. The number of rotatable bonds is 7. The van der Waals surface area contributed by atoms with Gasteiger partial charge in [-0.05, 0) is 47.5 Å². The van der Waals surface area contributed by atoms with Gasteiger partial charge in [0, 0.05) is 21.8 Å². The van der Waals surface area contributed by atoms with Crippen LogP contribution in [0.2, 0.25) is 10.0 Å². The Morgan fingerprint density at radius 2 is 1.78 bits per heavy atom. The summed E-state index contributed by atoms with van der Waals surface area (Å²) in [5.74, 6) is 0.665. The lowest BCUT2D eigenvalue weighted by Gasteiger charge is -2.15. The van der Waals surface area contributed by atoms with Crippen LogP contribution in [-0.4, -0.2) is 19.9 Å². The highest BCUT2D eigenvalue weighted by molar-refractivity contribution is 6.31. The first-order valence-electron chi connectivity index (χ1n) is 10.4. The van der Waals surface area contributed by atoms with Crippen molar-refractivity contribution in [3.63, 3.8) is 0 Å². The quantitative estimate of drug-likeness (QED) is 0.300. The number of ether oxygens (including phenoxy) is 1. The maximum atomic E-state index is 12.8. The van der Waals surface area contributed by atoms with Crippen molar-refractivity contribution in [2.75, 3.05) is 0 Å². The zero-order chi connectivity index (χ0) is 25.7. The van der Waals surface area contributed by atoms with Gasteiger partial charge in [-0.25, -0.2) is 4.68 Å². The predicted octanol–water partition coefficient (Wildman–Crippen LogP) is 5.62. The average molecular weight is 536 g/mol. The van der Waals surface area contributed by atoms with Crippen molar-refractivity contribution < 1.29 is 23.0 Å². The van der Waals surface area contributed by atoms with Gasteiger partial charge in [0.2, 0.25) is 5.49 Å². The number of hydrogen-bond acceptors (Lipinski definition) is 6. The Balaban J connectivity index is 1.74. The number of nitrogens with zero attached hydrogens (tertiary/aromatic N) is 4. The number of benzene rings is 2. The van der Waals surface area contributed by atoms with E-state index in [0.717, 1.165) is 17.8 Å². The number of alkyl halides is 3. The van der Waals surface area contributed by atoms with Crippen LogP contribution in [0, 0.1) is 0 Å². The zero-order valence-electron chi connectivity index (χ0n) is 18.4. The summed E-state index contributed by atoms with van der Waals surface area (Å²) in [5, 5.41) is 19.4. The van der Waals surface area contributed by atoms with Gasteiger partial charge < -0.3 is 15.3 Å². The number of hydrogen-bond donors (Lipinski definition) is 2. The second-order valence-electron chi connectivity index (χ2n) is 7.41. The van der Waals surface area contributed by atoms with E-state index in [0.29, 0.717) is 26.9 Å². The molecule has 0 fully saturated rings. The van der Waals surface area contributed by atoms with Crippen molar-refractivity contribution >= 4 is 23.2 Å². The Morgan fingerprint density at radius 1 is 1.00 bits per heavy atom. The molecule has 2 heterocycles. The summed E-state index contributed by atoms with van der Waals surface area (Å²) in [4.78, 5) is 3.44. The first-order chi connectivity index (χ1) is 17.2. The molecule has 2 N–H and O–H groups in total. The molecule has 0 radical (unpaired) electrons. The zero-order valence-corrected chi connectivity index (χ0v) is 19.9. The molecule has 36 heavy (non-hydrogen) atoms. The van der Waals surface area contributed by atoms with E-state index in [2.05, 4.69) is 20.6 Å². The highest BCUT2D eigenvalue weighted by Gasteiger charge is 2.31. The van der Waals surface area contributed by atoms with E-state index in [9.17, 15) is 18.3 Å². The average Bonchev–Trinajstić information content (AvgIpc) is 2.85. The lowest BCUT2D eigenvalue weighted by Crippen LogP contribution is -2.28. The van der Waals surface area contributed by atoms with E-state index in [4.69, 9.17) is 27.9 Å². The van der Waals surface area contributed by atoms with Crippen LogP contribution in [-0.2, 0) is 19.5 Å². The van der Waals surface area contributed by atoms with E-state index < -0.39 is 18.6 Å². The van der Waals surface area contributed by atoms with Crippen LogP contribution in [0.25, 0.3) is 11.1 Å². The van der Waals surface area contributed by atoms with Gasteiger partial charge in [-0.2, -0.15) is 23.4 Å². The number of nitrogens with one attached hydrogen (secondary N) is 1. The van der Waals surface area contributed by atoms with Gasteiger partial charge in [0.05, 0.1) is 12.7 Å². The lowest BCUT2D eigenvalue weighted by molar-refractivity contribution is -0.141. The summed E-state index contributed by atoms with van der Waals surface area (Å²) in [5.41, 5.74) is 3.65. The van der Waals surface area contributed by atoms with E-state index in [-0.39, 0.29) is 17.8 Å². The van der Waals surface area contributed by atoms with Gasteiger partial charge in [-0.3, -0.25) is 4.98 Å². The monoisotopic (exact) mass is 535 g/mol. The Hall–Kier alpha value is -3.60. The molecule has 0 aliphatic carbocycles. The lowest BCUT2D eigenvalue weighted by atomic mass is 10.1. The SMILES string of the molecule is OCn1ncc(-c2ccc(Cl)cc2)c(Oc2cccc(Cl)c2)/c1=N\NCc1ccc(C(F)(F)F)nc1. The maximum absolute atomic E-state index is 12.8. The maximum Gasteiger partial charge on any atom is 0.433 e. The Kier molecular flexibility index (Phi) is 7.78. The molecule has 12 heteroatoms. The highest BCUT2D eigenvalue weighted by atomic mass is 35.5. The van der Waals surface area contributed by atoms with E-state index in [1.165, 1.54) is 16.9 Å². The summed E-state index contributed by atoms with van der Waals surface area (Å²) in [6, 6.07) is 15.9. The smallest absolute Gasteiger partial charge is 0.433 e. The normalized spacial score (nSPS) is 12.0. The molecule has 0 saturated carbocycles. The van der Waals surface area contributed by atoms with Crippen LogP contribution in [0.1, 0.15) is 11.3 Å². The van der Waals surface area contributed by atoms with E-state index in [1.807, 2.05) is 0 Å². The number of halogens is 5. The number of aliphatic hydroxyl groups excluding tert-OH is 1. The first kappa shape index (κ1) is 25.5. The molecule has 2 aromatic heterocycles. The second-order valence-corrected chi connectivity index (χ2v) is 8.29. The second kappa shape index (κ2) is 11.0. The summed E-state index contributed by atoms with van der Waals surface area (Å²) >= 11 is 12.1. The standard InChI is InChI=1S/C24H18Cl2F3N5O2/c25-17-7-5-16(6-8-17)20-13-32-34(14-35)23(22(20)36-19-3-1-2-18(26)10-19)33-31-12-15-4-9-21(30-11-15)24(27,28)29/h1-11,13,31,35H,12,14H2/b33-23+. The van der Waals surface area contributed by atoms with Crippen molar-refractivity contribution in [3.05, 3.63) is 99.8 Å². The third-order valence-corrected chi connectivity index (χ3v) is 5.39. The molecule has 0 bridgehead atoms. The van der Waals surface area contributed by atoms with Crippen LogP contribution >= 0.6 is 23.2 Å². The van der Waals surface area contributed by atoms with Gasteiger partial charge >= 0.3 is 6.18 Å². The summed E-state index contributed by atoms with van der Waals surface area (Å²) in [7, 11) is 0. The highest BCUT2D eigenvalue weighted by Crippen LogP contribution is 2.31. The van der Waals surface area contributed by atoms with Crippen LogP contribution in [0.4, 0.5) is 13.2 Å². The molecule has 186 valence electrons. The molecule has 0 unspecified atom stereocenters. The number of aromatic nitrogens is 3. The fourth-order valence-corrected chi connectivity index (χ4v) is 3.48. The van der Waals surface area contributed by atoms with Crippen LogP contribution < -0.4 is 15.7 Å². The molecule has 0 amide bonds. The molecule has 0 aliphatic heterocycles. The molecule has 2 aromatic carbocycles. The summed E-state index contributed by atoms with van der Waals surface area (Å²) in [6.07, 6.45) is -1.90.